The number of fused-ring (bicyclic) bond motifs is 1. The third kappa shape index (κ3) is 3.85. The van der Waals surface area contributed by atoms with Gasteiger partial charge in [-0.15, -0.1) is 11.3 Å². The monoisotopic (exact) mass is 371 g/mol. The van der Waals surface area contributed by atoms with Crippen LogP contribution < -0.4 is 4.90 Å². The Morgan fingerprint density at radius 1 is 1.19 bits per heavy atom. The highest BCUT2D eigenvalue weighted by Gasteiger charge is 2.34. The lowest BCUT2D eigenvalue weighted by molar-refractivity contribution is -0.153. The molecule has 1 aromatic heterocycles. The SMILES string of the molecule is C[C@H](OC(=O)CCC(=O)c1cccs1)C(=O)N1c2ccccc2C[C@H]1C. The average Bonchev–Trinajstić information content (AvgIpc) is 3.26. The van der Waals surface area contributed by atoms with Crippen molar-refractivity contribution in [2.75, 3.05) is 4.90 Å². The maximum Gasteiger partial charge on any atom is 0.307 e. The molecule has 1 aliphatic heterocycles. The maximum absolute atomic E-state index is 12.8. The minimum Gasteiger partial charge on any atom is -0.453 e. The zero-order valence-corrected chi connectivity index (χ0v) is 15.6. The van der Waals surface area contributed by atoms with Crippen LogP contribution in [-0.4, -0.2) is 29.8 Å². The first-order valence-electron chi connectivity index (χ1n) is 8.64. The van der Waals surface area contributed by atoms with Gasteiger partial charge in [-0.25, -0.2) is 0 Å². The zero-order chi connectivity index (χ0) is 18.7. The number of nitrogens with zero attached hydrogens (tertiary/aromatic N) is 1. The van der Waals surface area contributed by atoms with E-state index in [0.29, 0.717) is 4.88 Å². The van der Waals surface area contributed by atoms with Gasteiger partial charge < -0.3 is 9.64 Å². The first-order valence-corrected chi connectivity index (χ1v) is 9.52. The van der Waals surface area contributed by atoms with Crippen LogP contribution in [-0.2, 0) is 20.7 Å². The molecule has 2 heterocycles. The predicted molar refractivity (Wildman–Crippen MR) is 101 cm³/mol. The van der Waals surface area contributed by atoms with Gasteiger partial charge in [-0.3, -0.25) is 14.4 Å². The molecule has 0 fully saturated rings. The Morgan fingerprint density at radius 3 is 2.69 bits per heavy atom. The molecule has 0 saturated carbocycles. The number of rotatable bonds is 6. The predicted octanol–water partition coefficient (Wildman–Crippen LogP) is 3.62. The van der Waals surface area contributed by atoms with Crippen molar-refractivity contribution >= 4 is 34.7 Å². The fourth-order valence-corrected chi connectivity index (χ4v) is 3.87. The van der Waals surface area contributed by atoms with Gasteiger partial charge in [0.05, 0.1) is 11.3 Å². The largest absolute Gasteiger partial charge is 0.453 e. The smallest absolute Gasteiger partial charge is 0.307 e. The molecule has 2 aromatic rings. The quantitative estimate of drug-likeness (QED) is 0.575. The number of carbonyl (C=O) groups excluding carboxylic acids is 3. The van der Waals surface area contributed by atoms with Crippen LogP contribution in [0, 0.1) is 0 Å². The number of ketones is 1. The Morgan fingerprint density at radius 2 is 1.96 bits per heavy atom. The molecule has 5 nitrogen and oxygen atoms in total. The standard InChI is InChI=1S/C20H21NO4S/c1-13-12-15-6-3-4-7-16(15)21(13)20(24)14(2)25-19(23)10-9-17(22)18-8-5-11-26-18/h3-8,11,13-14H,9-10,12H2,1-2H3/t13-,14+/m1/s1. The Kier molecular flexibility index (Phi) is 5.52. The number of Topliss-reactive ketones (excluding diaryl/α,β-unsaturated/α-hetero) is 1. The van der Waals surface area contributed by atoms with Crippen molar-refractivity contribution in [1.29, 1.82) is 0 Å². The summed E-state index contributed by atoms with van der Waals surface area (Å²) in [6, 6.07) is 11.3. The Labute approximate surface area is 156 Å². The highest BCUT2D eigenvalue weighted by molar-refractivity contribution is 7.12. The van der Waals surface area contributed by atoms with Crippen molar-refractivity contribution in [3.63, 3.8) is 0 Å². The summed E-state index contributed by atoms with van der Waals surface area (Å²) < 4.78 is 5.28. The second-order valence-corrected chi connectivity index (χ2v) is 7.37. The molecule has 0 saturated heterocycles. The van der Waals surface area contributed by atoms with Crippen molar-refractivity contribution in [2.45, 2.75) is 45.3 Å². The van der Waals surface area contributed by atoms with Crippen LogP contribution in [0.3, 0.4) is 0 Å². The van der Waals surface area contributed by atoms with E-state index in [0.717, 1.165) is 17.7 Å². The number of hydrogen-bond acceptors (Lipinski definition) is 5. The van der Waals surface area contributed by atoms with Crippen LogP contribution in [0.5, 0.6) is 0 Å². The number of esters is 1. The van der Waals surface area contributed by atoms with Gasteiger partial charge in [0.1, 0.15) is 0 Å². The molecule has 0 radical (unpaired) electrons. The number of anilines is 1. The molecule has 0 unspecified atom stereocenters. The van der Waals surface area contributed by atoms with E-state index >= 15 is 0 Å². The van der Waals surface area contributed by atoms with Crippen molar-refractivity contribution in [2.24, 2.45) is 0 Å². The maximum atomic E-state index is 12.8. The van der Waals surface area contributed by atoms with Gasteiger partial charge in [0.15, 0.2) is 11.9 Å². The normalized spacial score (nSPS) is 16.8. The van der Waals surface area contributed by atoms with Gasteiger partial charge in [0, 0.05) is 18.2 Å². The summed E-state index contributed by atoms with van der Waals surface area (Å²) in [6.45, 7) is 3.56. The molecule has 0 bridgehead atoms. The molecular formula is C20H21NO4S. The molecule has 1 aliphatic rings. The summed E-state index contributed by atoms with van der Waals surface area (Å²) in [5, 5.41) is 1.82. The van der Waals surface area contributed by atoms with Gasteiger partial charge in [-0.05, 0) is 43.3 Å². The highest BCUT2D eigenvalue weighted by atomic mass is 32.1. The average molecular weight is 371 g/mol. The number of thiophene rings is 1. The van der Waals surface area contributed by atoms with Gasteiger partial charge in [0.25, 0.3) is 5.91 Å². The Hall–Kier alpha value is -2.47. The molecule has 3 rings (SSSR count). The lowest BCUT2D eigenvalue weighted by Crippen LogP contribution is -2.43. The molecule has 6 heteroatoms. The van der Waals surface area contributed by atoms with Crippen molar-refractivity contribution in [1.82, 2.24) is 0 Å². The summed E-state index contributed by atoms with van der Waals surface area (Å²) in [5.41, 5.74) is 1.99. The minimum absolute atomic E-state index is 0.0273. The van der Waals surface area contributed by atoms with Crippen LogP contribution in [0.4, 0.5) is 5.69 Å². The first kappa shape index (κ1) is 18.3. The van der Waals surface area contributed by atoms with Gasteiger partial charge in [0.2, 0.25) is 0 Å². The number of carbonyl (C=O) groups is 3. The van der Waals surface area contributed by atoms with E-state index in [1.807, 2.05) is 36.6 Å². The summed E-state index contributed by atoms with van der Waals surface area (Å²) in [7, 11) is 0. The number of para-hydroxylation sites is 1. The lowest BCUT2D eigenvalue weighted by Gasteiger charge is -2.25. The molecular weight excluding hydrogens is 350 g/mol. The second-order valence-electron chi connectivity index (χ2n) is 6.42. The van der Waals surface area contributed by atoms with E-state index in [9.17, 15) is 14.4 Å². The Balaban J connectivity index is 1.56. The van der Waals surface area contributed by atoms with Crippen molar-refractivity contribution in [3.05, 3.63) is 52.2 Å². The third-order valence-corrected chi connectivity index (χ3v) is 5.36. The van der Waals surface area contributed by atoms with Crippen LogP contribution in [0.25, 0.3) is 0 Å². The molecule has 1 amide bonds. The topological polar surface area (TPSA) is 63.7 Å². The third-order valence-electron chi connectivity index (χ3n) is 4.45. The van der Waals surface area contributed by atoms with E-state index in [2.05, 4.69) is 0 Å². The summed E-state index contributed by atoms with van der Waals surface area (Å²) >= 11 is 1.35. The Bertz CT molecular complexity index is 815. The summed E-state index contributed by atoms with van der Waals surface area (Å²) in [4.78, 5) is 39.1. The molecule has 136 valence electrons. The van der Waals surface area contributed by atoms with Gasteiger partial charge in [-0.2, -0.15) is 0 Å². The van der Waals surface area contributed by atoms with E-state index in [1.54, 1.807) is 24.0 Å². The number of hydrogen-bond donors (Lipinski definition) is 0. The molecule has 1 aromatic carbocycles. The van der Waals surface area contributed by atoms with Gasteiger partial charge in [-0.1, -0.05) is 24.3 Å². The zero-order valence-electron chi connectivity index (χ0n) is 14.8. The fourth-order valence-electron chi connectivity index (χ4n) is 3.18. The molecule has 0 spiro atoms. The van der Waals surface area contributed by atoms with E-state index in [4.69, 9.17) is 4.74 Å². The van der Waals surface area contributed by atoms with Crippen LogP contribution in [0.15, 0.2) is 41.8 Å². The van der Waals surface area contributed by atoms with Crippen LogP contribution in [0.2, 0.25) is 0 Å². The molecule has 0 aliphatic carbocycles. The molecule has 26 heavy (non-hydrogen) atoms. The van der Waals surface area contributed by atoms with E-state index in [-0.39, 0.29) is 30.6 Å². The molecule has 2 atom stereocenters. The van der Waals surface area contributed by atoms with E-state index < -0.39 is 12.1 Å². The molecule has 0 N–H and O–H groups in total. The fraction of sp³-hybridized carbons (Fsp3) is 0.350. The van der Waals surface area contributed by atoms with Crippen LogP contribution >= 0.6 is 11.3 Å². The number of benzene rings is 1. The minimum atomic E-state index is -0.882. The van der Waals surface area contributed by atoms with E-state index in [1.165, 1.54) is 11.3 Å². The van der Waals surface area contributed by atoms with Crippen molar-refractivity contribution < 1.29 is 19.1 Å². The first-order chi connectivity index (χ1) is 12.5. The van der Waals surface area contributed by atoms with Gasteiger partial charge >= 0.3 is 5.97 Å². The highest BCUT2D eigenvalue weighted by Crippen LogP contribution is 2.32. The second kappa shape index (κ2) is 7.83. The van der Waals surface area contributed by atoms with Crippen LogP contribution in [0.1, 0.15) is 41.9 Å². The number of amides is 1. The summed E-state index contributed by atoms with van der Waals surface area (Å²) in [6.07, 6.45) is -0.0327. The van der Waals surface area contributed by atoms with Crippen molar-refractivity contribution in [3.8, 4) is 0 Å². The number of ether oxygens (including phenoxy) is 1. The lowest BCUT2D eigenvalue weighted by atomic mass is 10.1. The summed E-state index contributed by atoms with van der Waals surface area (Å²) in [5.74, 6) is -0.853.